The molecular weight excluding hydrogens is 240 g/mol. The molecule has 0 aromatic rings. The SMILES string of the molecule is C=CCNC(=O)CCN(CC(C)C)S(C)(=O)=O. The van der Waals surface area contributed by atoms with Crippen LogP contribution < -0.4 is 5.32 Å². The van der Waals surface area contributed by atoms with Crippen LogP contribution in [0.25, 0.3) is 0 Å². The third-order valence-electron chi connectivity index (χ3n) is 2.07. The van der Waals surface area contributed by atoms with Gasteiger partial charge in [0.05, 0.1) is 6.26 Å². The van der Waals surface area contributed by atoms with Crippen molar-refractivity contribution in [1.29, 1.82) is 0 Å². The number of nitrogens with one attached hydrogen (secondary N) is 1. The van der Waals surface area contributed by atoms with Gasteiger partial charge in [0.15, 0.2) is 0 Å². The van der Waals surface area contributed by atoms with Gasteiger partial charge in [0.2, 0.25) is 15.9 Å². The Morgan fingerprint density at radius 1 is 1.47 bits per heavy atom. The van der Waals surface area contributed by atoms with Gasteiger partial charge in [-0.05, 0) is 5.92 Å². The first kappa shape index (κ1) is 16.1. The fourth-order valence-corrected chi connectivity index (χ4v) is 2.29. The molecule has 17 heavy (non-hydrogen) atoms. The summed E-state index contributed by atoms with van der Waals surface area (Å²) in [7, 11) is -3.24. The summed E-state index contributed by atoms with van der Waals surface area (Å²) in [6.45, 7) is 8.43. The van der Waals surface area contributed by atoms with Crippen LogP contribution in [0.15, 0.2) is 12.7 Å². The average Bonchev–Trinajstić information content (AvgIpc) is 2.19. The first-order chi connectivity index (χ1) is 7.77. The molecule has 0 saturated carbocycles. The van der Waals surface area contributed by atoms with Gasteiger partial charge in [-0.25, -0.2) is 12.7 Å². The maximum Gasteiger partial charge on any atom is 0.221 e. The van der Waals surface area contributed by atoms with Gasteiger partial charge in [-0.1, -0.05) is 19.9 Å². The van der Waals surface area contributed by atoms with E-state index in [1.807, 2.05) is 13.8 Å². The molecule has 0 rings (SSSR count). The quantitative estimate of drug-likeness (QED) is 0.651. The third kappa shape index (κ3) is 7.93. The minimum absolute atomic E-state index is 0.165. The van der Waals surface area contributed by atoms with Crippen LogP contribution >= 0.6 is 0 Å². The summed E-state index contributed by atoms with van der Waals surface area (Å²) in [6, 6.07) is 0. The predicted molar refractivity (Wildman–Crippen MR) is 69.1 cm³/mol. The number of amides is 1. The molecule has 0 aromatic heterocycles. The second kappa shape index (κ2) is 7.45. The Labute approximate surface area is 104 Å². The van der Waals surface area contributed by atoms with Gasteiger partial charge in [-0.15, -0.1) is 6.58 Å². The predicted octanol–water partition coefficient (Wildman–Crippen LogP) is 0.596. The molecule has 6 heteroatoms. The summed E-state index contributed by atoms with van der Waals surface area (Å²) in [4.78, 5) is 11.3. The van der Waals surface area contributed by atoms with Gasteiger partial charge in [0, 0.05) is 26.1 Å². The average molecular weight is 262 g/mol. The van der Waals surface area contributed by atoms with Crippen LogP contribution in [0.3, 0.4) is 0 Å². The topological polar surface area (TPSA) is 66.5 Å². The third-order valence-corrected chi connectivity index (χ3v) is 3.34. The Bertz CT molecular complexity index is 350. The van der Waals surface area contributed by atoms with Crippen LogP contribution in [0.4, 0.5) is 0 Å². The summed E-state index contributed by atoms with van der Waals surface area (Å²) in [5, 5.41) is 2.61. The number of carbonyl (C=O) groups excluding carboxylic acids is 1. The van der Waals surface area contributed by atoms with E-state index in [9.17, 15) is 13.2 Å². The number of sulfonamides is 1. The van der Waals surface area contributed by atoms with Gasteiger partial charge in [-0.3, -0.25) is 4.79 Å². The van der Waals surface area contributed by atoms with Crippen LogP contribution in [-0.2, 0) is 14.8 Å². The van der Waals surface area contributed by atoms with E-state index < -0.39 is 10.0 Å². The molecule has 0 aliphatic carbocycles. The zero-order chi connectivity index (χ0) is 13.5. The van der Waals surface area contributed by atoms with Crippen molar-refractivity contribution in [3.8, 4) is 0 Å². The molecule has 0 aliphatic heterocycles. The van der Waals surface area contributed by atoms with Gasteiger partial charge in [0.1, 0.15) is 0 Å². The fraction of sp³-hybridized carbons (Fsp3) is 0.727. The second-order valence-corrected chi connectivity index (χ2v) is 6.34. The monoisotopic (exact) mass is 262 g/mol. The van der Waals surface area contributed by atoms with E-state index in [1.165, 1.54) is 4.31 Å². The van der Waals surface area contributed by atoms with Crippen molar-refractivity contribution in [3.63, 3.8) is 0 Å². The van der Waals surface area contributed by atoms with Crippen molar-refractivity contribution in [3.05, 3.63) is 12.7 Å². The second-order valence-electron chi connectivity index (χ2n) is 4.36. The van der Waals surface area contributed by atoms with Crippen LogP contribution in [0.5, 0.6) is 0 Å². The Morgan fingerprint density at radius 2 is 2.06 bits per heavy atom. The molecule has 0 aromatic carbocycles. The lowest BCUT2D eigenvalue weighted by atomic mass is 10.2. The molecule has 1 amide bonds. The maximum atomic E-state index is 11.5. The van der Waals surface area contributed by atoms with E-state index in [1.54, 1.807) is 6.08 Å². The Balaban J connectivity index is 4.27. The Kier molecular flexibility index (Phi) is 7.06. The van der Waals surface area contributed by atoms with Crippen molar-refractivity contribution in [2.45, 2.75) is 20.3 Å². The highest BCUT2D eigenvalue weighted by atomic mass is 32.2. The summed E-state index contributed by atoms with van der Waals surface area (Å²) in [5.41, 5.74) is 0. The normalized spacial score (nSPS) is 11.8. The van der Waals surface area contributed by atoms with Crippen molar-refractivity contribution in [2.75, 3.05) is 25.9 Å². The zero-order valence-corrected chi connectivity index (χ0v) is 11.6. The molecule has 0 aliphatic rings. The molecule has 0 heterocycles. The first-order valence-electron chi connectivity index (χ1n) is 5.60. The molecule has 0 unspecified atom stereocenters. The van der Waals surface area contributed by atoms with E-state index in [0.29, 0.717) is 13.1 Å². The zero-order valence-electron chi connectivity index (χ0n) is 10.8. The smallest absolute Gasteiger partial charge is 0.221 e. The fourth-order valence-electron chi connectivity index (χ4n) is 1.30. The lowest BCUT2D eigenvalue weighted by molar-refractivity contribution is -0.121. The van der Waals surface area contributed by atoms with E-state index >= 15 is 0 Å². The van der Waals surface area contributed by atoms with E-state index in [-0.39, 0.29) is 24.8 Å². The largest absolute Gasteiger partial charge is 0.353 e. The molecule has 1 N–H and O–H groups in total. The number of hydrogen-bond donors (Lipinski definition) is 1. The van der Waals surface area contributed by atoms with Crippen LogP contribution in [0.2, 0.25) is 0 Å². The minimum atomic E-state index is -3.24. The summed E-state index contributed by atoms with van der Waals surface area (Å²) in [6.07, 6.45) is 2.92. The van der Waals surface area contributed by atoms with Gasteiger partial charge < -0.3 is 5.32 Å². The van der Waals surface area contributed by atoms with Crippen molar-refractivity contribution < 1.29 is 13.2 Å². The number of hydrogen-bond acceptors (Lipinski definition) is 3. The molecule has 0 fully saturated rings. The number of rotatable bonds is 8. The summed E-state index contributed by atoms with van der Waals surface area (Å²) in [5.74, 6) is 0.0725. The molecule has 5 nitrogen and oxygen atoms in total. The van der Waals surface area contributed by atoms with E-state index in [4.69, 9.17) is 0 Å². The minimum Gasteiger partial charge on any atom is -0.353 e. The highest BCUT2D eigenvalue weighted by Gasteiger charge is 2.18. The van der Waals surface area contributed by atoms with Gasteiger partial charge in [-0.2, -0.15) is 0 Å². The van der Waals surface area contributed by atoms with E-state index in [0.717, 1.165) is 6.26 Å². The molecule has 0 radical (unpaired) electrons. The molecule has 0 bridgehead atoms. The van der Waals surface area contributed by atoms with Crippen LogP contribution in [0, 0.1) is 5.92 Å². The molecule has 0 saturated heterocycles. The number of nitrogens with zero attached hydrogens (tertiary/aromatic N) is 1. The Morgan fingerprint density at radius 3 is 2.47 bits per heavy atom. The van der Waals surface area contributed by atoms with Crippen molar-refractivity contribution >= 4 is 15.9 Å². The summed E-state index contributed by atoms with van der Waals surface area (Å²) >= 11 is 0. The Hall–Kier alpha value is -0.880. The molecular formula is C11H22N2O3S. The first-order valence-corrected chi connectivity index (χ1v) is 7.45. The maximum absolute atomic E-state index is 11.5. The number of carbonyl (C=O) groups is 1. The van der Waals surface area contributed by atoms with Gasteiger partial charge >= 0.3 is 0 Å². The van der Waals surface area contributed by atoms with Gasteiger partial charge in [0.25, 0.3) is 0 Å². The molecule has 0 spiro atoms. The standard InChI is InChI=1S/C11H22N2O3S/c1-5-7-12-11(14)6-8-13(9-10(2)3)17(4,15)16/h5,10H,1,6-9H2,2-4H3,(H,12,14). The highest BCUT2D eigenvalue weighted by molar-refractivity contribution is 7.88. The van der Waals surface area contributed by atoms with Crippen LogP contribution in [0.1, 0.15) is 20.3 Å². The molecule has 0 atom stereocenters. The summed E-state index contributed by atoms with van der Waals surface area (Å²) < 4.78 is 24.3. The van der Waals surface area contributed by atoms with Crippen molar-refractivity contribution in [1.82, 2.24) is 9.62 Å². The van der Waals surface area contributed by atoms with Crippen LogP contribution in [-0.4, -0.2) is 44.5 Å². The van der Waals surface area contributed by atoms with Crippen molar-refractivity contribution in [2.24, 2.45) is 5.92 Å². The molecule has 100 valence electrons. The highest BCUT2D eigenvalue weighted by Crippen LogP contribution is 2.05. The van der Waals surface area contributed by atoms with E-state index in [2.05, 4.69) is 11.9 Å². The lowest BCUT2D eigenvalue weighted by Crippen LogP contribution is -2.36. The lowest BCUT2D eigenvalue weighted by Gasteiger charge is -2.21.